The summed E-state index contributed by atoms with van der Waals surface area (Å²) >= 11 is 0. The lowest BCUT2D eigenvalue weighted by atomic mass is 10.00. The van der Waals surface area contributed by atoms with Crippen LogP contribution in [0.5, 0.6) is 5.75 Å². The molecule has 0 aliphatic heterocycles. The number of fused-ring (bicyclic) bond motifs is 1. The largest absolute Gasteiger partial charge is 0.489 e. The van der Waals surface area contributed by atoms with Gasteiger partial charge in [-0.2, -0.15) is 0 Å². The maximum atomic E-state index is 11.7. The quantitative estimate of drug-likeness (QED) is 0.200. The number of aromatic nitrogens is 1. The zero-order valence-corrected chi connectivity index (χ0v) is 26.6. The highest BCUT2D eigenvalue weighted by Gasteiger charge is 2.20. The lowest BCUT2D eigenvalue weighted by Gasteiger charge is -2.14. The Kier molecular flexibility index (Phi) is 17.1. The molecule has 228 valence electrons. The highest BCUT2D eigenvalue weighted by Crippen LogP contribution is 2.36. The van der Waals surface area contributed by atoms with Crippen molar-refractivity contribution in [3.8, 4) is 17.0 Å². The van der Waals surface area contributed by atoms with Gasteiger partial charge in [-0.3, -0.25) is 4.79 Å². The van der Waals surface area contributed by atoms with Crippen molar-refractivity contribution >= 4 is 22.8 Å². The number of nitrogens with zero attached hydrogens (tertiary/aromatic N) is 1. The minimum atomic E-state index is -0.959. The molecule has 0 radical (unpaired) electrons. The fourth-order valence-electron chi connectivity index (χ4n) is 4.32. The predicted molar refractivity (Wildman–Crippen MR) is 178 cm³/mol. The van der Waals surface area contributed by atoms with E-state index in [-0.39, 0.29) is 11.5 Å². The highest BCUT2D eigenvalue weighted by atomic mass is 16.5. The van der Waals surface area contributed by atoms with Crippen molar-refractivity contribution in [1.82, 2.24) is 9.88 Å². The Morgan fingerprint density at radius 1 is 1.02 bits per heavy atom. The number of rotatable bonds is 13. The van der Waals surface area contributed by atoms with E-state index >= 15 is 0 Å². The van der Waals surface area contributed by atoms with Crippen LogP contribution >= 0.6 is 0 Å². The molecule has 2 N–H and O–H groups in total. The van der Waals surface area contributed by atoms with Gasteiger partial charge in [-0.1, -0.05) is 84.4 Å². The average Bonchev–Trinajstić information content (AvgIpc) is 3.29. The van der Waals surface area contributed by atoms with E-state index in [0.29, 0.717) is 19.7 Å². The lowest BCUT2D eigenvalue weighted by molar-refractivity contribution is -0.118. The van der Waals surface area contributed by atoms with Gasteiger partial charge in [-0.15, -0.1) is 0 Å². The van der Waals surface area contributed by atoms with E-state index in [9.17, 15) is 14.7 Å². The van der Waals surface area contributed by atoms with E-state index in [1.54, 1.807) is 18.2 Å². The minimum absolute atomic E-state index is 0.0960. The smallest absolute Gasteiger partial charge is 0.335 e. The second kappa shape index (κ2) is 19.9. The van der Waals surface area contributed by atoms with Crippen molar-refractivity contribution in [1.29, 1.82) is 0 Å². The second-order valence-electron chi connectivity index (χ2n) is 9.76. The molecule has 1 aromatic heterocycles. The fraction of sp³-hybridized carbons (Fsp3) is 0.389. The van der Waals surface area contributed by atoms with Crippen molar-refractivity contribution in [2.75, 3.05) is 13.2 Å². The van der Waals surface area contributed by atoms with Gasteiger partial charge in [0.2, 0.25) is 5.91 Å². The number of benzene rings is 2. The van der Waals surface area contributed by atoms with Crippen molar-refractivity contribution in [2.45, 2.75) is 80.7 Å². The lowest BCUT2D eigenvalue weighted by Crippen LogP contribution is -2.24. The molecule has 6 heteroatoms. The first-order valence-corrected chi connectivity index (χ1v) is 15.1. The van der Waals surface area contributed by atoms with Crippen LogP contribution in [0.2, 0.25) is 0 Å². The molecule has 2 aromatic carbocycles. The van der Waals surface area contributed by atoms with Gasteiger partial charge in [-0.25, -0.2) is 4.79 Å². The van der Waals surface area contributed by atoms with Gasteiger partial charge < -0.3 is 19.7 Å². The summed E-state index contributed by atoms with van der Waals surface area (Å²) in [6.07, 6.45) is 11.7. The summed E-state index contributed by atoms with van der Waals surface area (Å²) in [4.78, 5) is 23.3. The highest BCUT2D eigenvalue weighted by molar-refractivity contribution is 5.97. The van der Waals surface area contributed by atoms with Crippen LogP contribution in [0.25, 0.3) is 22.2 Å². The van der Waals surface area contributed by atoms with Gasteiger partial charge >= 0.3 is 5.97 Å². The number of unbranched alkanes of at least 4 members (excludes halogenated alkanes) is 1. The number of allylic oxidation sites excluding steroid dienone is 4. The van der Waals surface area contributed by atoms with E-state index in [2.05, 4.69) is 37.2 Å². The van der Waals surface area contributed by atoms with Crippen LogP contribution in [-0.4, -0.2) is 34.7 Å². The number of carbonyl (C=O) groups excluding carboxylic acids is 1. The number of ether oxygens (including phenoxy) is 1. The van der Waals surface area contributed by atoms with Crippen LogP contribution < -0.4 is 10.1 Å². The Morgan fingerprint density at radius 3 is 2.26 bits per heavy atom. The number of amides is 1. The summed E-state index contributed by atoms with van der Waals surface area (Å²) in [6, 6.07) is 13.3. The second-order valence-corrected chi connectivity index (χ2v) is 9.76. The number of carboxylic acid groups (broad SMARTS) is 1. The summed E-state index contributed by atoms with van der Waals surface area (Å²) in [6.45, 7) is 19.1. The predicted octanol–water partition coefficient (Wildman–Crippen LogP) is 9.00. The Balaban J connectivity index is 0.00000165. The van der Waals surface area contributed by atoms with Crippen molar-refractivity contribution in [2.24, 2.45) is 0 Å². The van der Waals surface area contributed by atoms with E-state index in [0.717, 1.165) is 52.7 Å². The number of aryl methyl sites for hydroxylation is 1. The van der Waals surface area contributed by atoms with E-state index in [1.165, 1.54) is 18.9 Å². The SMILES string of the molecule is C=C/C=C\C=C(/C)COc1ccc(-c2c(CCCC)c3ccc(C(=O)O)cc3n2CCNC(C)=O)cc1.CC.CCC. The maximum Gasteiger partial charge on any atom is 0.335 e. The topological polar surface area (TPSA) is 80.6 Å². The molecule has 0 saturated carbocycles. The minimum Gasteiger partial charge on any atom is -0.489 e. The third-order valence-electron chi connectivity index (χ3n) is 6.13. The molecule has 0 atom stereocenters. The summed E-state index contributed by atoms with van der Waals surface area (Å²) < 4.78 is 8.10. The molecule has 0 aliphatic carbocycles. The third kappa shape index (κ3) is 11.1. The number of aromatic carboxylic acids is 1. The number of hydrogen-bond acceptors (Lipinski definition) is 3. The molecule has 1 amide bonds. The summed E-state index contributed by atoms with van der Waals surface area (Å²) in [5.74, 6) is -0.284. The number of hydrogen-bond donors (Lipinski definition) is 2. The van der Waals surface area contributed by atoms with Crippen molar-refractivity contribution in [3.05, 3.63) is 90.0 Å². The molecule has 0 saturated heterocycles. The molecule has 42 heavy (non-hydrogen) atoms. The van der Waals surface area contributed by atoms with Gasteiger partial charge in [0.25, 0.3) is 0 Å². The number of carboxylic acids is 1. The van der Waals surface area contributed by atoms with Gasteiger partial charge in [0.1, 0.15) is 12.4 Å². The molecule has 0 bridgehead atoms. The fourth-order valence-corrected chi connectivity index (χ4v) is 4.32. The molecule has 1 heterocycles. The Hall–Kier alpha value is -4.06. The van der Waals surface area contributed by atoms with Gasteiger partial charge in [0.05, 0.1) is 11.3 Å². The van der Waals surface area contributed by atoms with Crippen molar-refractivity contribution < 1.29 is 19.4 Å². The third-order valence-corrected chi connectivity index (χ3v) is 6.13. The van der Waals surface area contributed by atoms with Crippen LogP contribution in [0.15, 0.2) is 78.9 Å². The van der Waals surface area contributed by atoms with E-state index in [1.807, 2.05) is 69.3 Å². The zero-order valence-electron chi connectivity index (χ0n) is 26.6. The Morgan fingerprint density at radius 2 is 1.69 bits per heavy atom. The normalized spacial score (nSPS) is 10.9. The molecule has 3 aromatic rings. The molecule has 0 fully saturated rings. The molecular weight excluding hydrogens is 524 g/mol. The molecule has 0 aliphatic rings. The summed E-state index contributed by atoms with van der Waals surface area (Å²) in [5.41, 5.74) is 5.47. The molecular formula is C36H50N2O4. The van der Waals surface area contributed by atoms with Crippen LogP contribution in [0.3, 0.4) is 0 Å². The average molecular weight is 575 g/mol. The molecule has 0 spiro atoms. The van der Waals surface area contributed by atoms with Crippen LogP contribution in [0.1, 0.15) is 83.7 Å². The maximum absolute atomic E-state index is 11.7. The summed E-state index contributed by atoms with van der Waals surface area (Å²) in [5, 5.41) is 13.5. The van der Waals surface area contributed by atoms with Crippen molar-refractivity contribution in [3.63, 3.8) is 0 Å². The first kappa shape index (κ1) is 36.0. The van der Waals surface area contributed by atoms with E-state index in [4.69, 9.17) is 4.74 Å². The van der Waals surface area contributed by atoms with Gasteiger partial charge in [0, 0.05) is 30.9 Å². The van der Waals surface area contributed by atoms with Crippen LogP contribution in [0.4, 0.5) is 0 Å². The molecule has 3 rings (SSSR count). The van der Waals surface area contributed by atoms with Gasteiger partial charge in [-0.05, 0) is 72.9 Å². The standard InChI is InChI=1S/C31H36N2O4.C3H8.C2H6/c1-5-7-9-10-22(3)21-37-26-15-12-24(13-16-26)30-28(11-8-6-2)27-17-14-25(31(35)36)20-29(27)33(30)19-18-32-23(4)34;1-3-2;1-2/h5,7,9-10,12-17,20H,1,6,8,11,18-19,21H2,2-4H3,(H,32,34)(H,35,36);3H2,1-2H3;1-2H3/b9-7-,22-10+;;. The zero-order chi connectivity index (χ0) is 31.5. The monoisotopic (exact) mass is 574 g/mol. The first-order valence-electron chi connectivity index (χ1n) is 15.1. The first-order chi connectivity index (χ1) is 20.3. The number of nitrogens with one attached hydrogen (secondary N) is 1. The number of carbonyl (C=O) groups is 2. The molecule has 6 nitrogen and oxygen atoms in total. The van der Waals surface area contributed by atoms with Crippen LogP contribution in [0, 0.1) is 0 Å². The summed E-state index contributed by atoms with van der Waals surface area (Å²) in [7, 11) is 0. The van der Waals surface area contributed by atoms with Crippen LogP contribution in [-0.2, 0) is 17.8 Å². The Bertz CT molecular complexity index is 1330. The Labute approximate surface area is 252 Å². The van der Waals surface area contributed by atoms with Gasteiger partial charge in [0.15, 0.2) is 0 Å². The molecule has 0 unspecified atom stereocenters. The van der Waals surface area contributed by atoms with E-state index < -0.39 is 5.97 Å².